The number of hydrogen-bond acceptors (Lipinski definition) is 1. The van der Waals surface area contributed by atoms with Crippen molar-refractivity contribution in [2.24, 2.45) is 0 Å². The molecule has 0 spiro atoms. The number of halogens is 2. The van der Waals surface area contributed by atoms with E-state index in [0.717, 1.165) is 6.42 Å². The minimum atomic E-state index is 0.267. The quantitative estimate of drug-likeness (QED) is 0.753. The summed E-state index contributed by atoms with van der Waals surface area (Å²) in [5.41, 5.74) is 3.83. The van der Waals surface area contributed by atoms with Crippen LogP contribution in [0.3, 0.4) is 0 Å². The first-order valence-corrected chi connectivity index (χ1v) is 7.98. The lowest BCUT2D eigenvalue weighted by Gasteiger charge is -2.18. The van der Waals surface area contributed by atoms with Crippen LogP contribution in [-0.2, 0) is 6.42 Å². The minimum Gasteiger partial charge on any atom is -0.313 e. The average molecular weight is 322 g/mol. The summed E-state index contributed by atoms with van der Waals surface area (Å²) in [6.07, 6.45) is 0.883. The zero-order chi connectivity index (χ0) is 15.4. The van der Waals surface area contributed by atoms with Gasteiger partial charge in [0.1, 0.15) is 0 Å². The predicted molar refractivity (Wildman–Crippen MR) is 92.5 cm³/mol. The van der Waals surface area contributed by atoms with Crippen molar-refractivity contribution in [2.45, 2.75) is 32.2 Å². The maximum atomic E-state index is 6.09. The summed E-state index contributed by atoms with van der Waals surface area (Å²) in [6, 6.07) is 14.9. The Kier molecular flexibility index (Phi) is 5.69. The monoisotopic (exact) mass is 321 g/mol. The highest BCUT2D eigenvalue weighted by atomic mass is 35.5. The topological polar surface area (TPSA) is 12.0 Å². The molecule has 1 nitrogen and oxygen atoms in total. The van der Waals surface area contributed by atoms with E-state index in [1.165, 1.54) is 16.7 Å². The van der Waals surface area contributed by atoms with Crippen LogP contribution >= 0.6 is 23.2 Å². The van der Waals surface area contributed by atoms with Crippen molar-refractivity contribution < 1.29 is 0 Å². The van der Waals surface area contributed by atoms with Crippen molar-refractivity contribution in [2.75, 3.05) is 7.05 Å². The lowest BCUT2D eigenvalue weighted by Crippen LogP contribution is -2.18. The third kappa shape index (κ3) is 4.23. The predicted octanol–water partition coefficient (Wildman–Crippen LogP) is 5.62. The van der Waals surface area contributed by atoms with Crippen molar-refractivity contribution in [1.82, 2.24) is 5.32 Å². The number of rotatable bonds is 5. The van der Waals surface area contributed by atoms with Crippen LogP contribution in [0.25, 0.3) is 0 Å². The summed E-state index contributed by atoms with van der Waals surface area (Å²) in [7, 11) is 1.98. The minimum absolute atomic E-state index is 0.267. The molecule has 0 aliphatic heterocycles. The van der Waals surface area contributed by atoms with Crippen molar-refractivity contribution in [3.05, 3.63) is 69.2 Å². The van der Waals surface area contributed by atoms with E-state index in [4.69, 9.17) is 23.2 Å². The second-order valence-electron chi connectivity index (χ2n) is 5.62. The van der Waals surface area contributed by atoms with Gasteiger partial charge in [0.25, 0.3) is 0 Å². The highest BCUT2D eigenvalue weighted by Crippen LogP contribution is 2.26. The highest BCUT2D eigenvalue weighted by molar-refractivity contribution is 6.42. The standard InChI is InChI=1S/C18H21Cl2N/c1-12(2)14-5-7-15(8-6-14)18(21-3)11-13-4-9-16(19)17(20)10-13/h4-10,12,18,21H,11H2,1-3H3. The van der Waals surface area contributed by atoms with Crippen LogP contribution < -0.4 is 5.32 Å². The zero-order valence-corrected chi connectivity index (χ0v) is 14.2. The second kappa shape index (κ2) is 7.31. The average Bonchev–Trinajstić information content (AvgIpc) is 2.48. The van der Waals surface area contributed by atoms with Gasteiger partial charge in [-0.3, -0.25) is 0 Å². The van der Waals surface area contributed by atoms with Crippen molar-refractivity contribution in [3.8, 4) is 0 Å². The van der Waals surface area contributed by atoms with Gasteiger partial charge in [-0.15, -0.1) is 0 Å². The first-order valence-electron chi connectivity index (χ1n) is 7.22. The molecule has 0 fully saturated rings. The van der Waals surface area contributed by atoms with E-state index < -0.39 is 0 Å². The van der Waals surface area contributed by atoms with E-state index in [1.807, 2.05) is 25.2 Å². The lowest BCUT2D eigenvalue weighted by molar-refractivity contribution is 0.591. The highest BCUT2D eigenvalue weighted by Gasteiger charge is 2.11. The molecule has 2 aromatic rings. The molecular formula is C18H21Cl2N. The smallest absolute Gasteiger partial charge is 0.0595 e. The van der Waals surface area contributed by atoms with E-state index >= 15 is 0 Å². The molecule has 2 aromatic carbocycles. The maximum Gasteiger partial charge on any atom is 0.0595 e. The van der Waals surface area contributed by atoms with Crippen LogP contribution in [-0.4, -0.2) is 7.05 Å². The van der Waals surface area contributed by atoms with Crippen LogP contribution in [0.4, 0.5) is 0 Å². The van der Waals surface area contributed by atoms with Crippen LogP contribution in [0, 0.1) is 0 Å². The zero-order valence-electron chi connectivity index (χ0n) is 12.7. The molecule has 21 heavy (non-hydrogen) atoms. The summed E-state index contributed by atoms with van der Waals surface area (Å²) >= 11 is 12.1. The Hall–Kier alpha value is -1.02. The first-order chi connectivity index (χ1) is 10.0. The van der Waals surface area contributed by atoms with Gasteiger partial charge < -0.3 is 5.32 Å². The number of benzene rings is 2. The fraction of sp³-hybridized carbons (Fsp3) is 0.333. The largest absolute Gasteiger partial charge is 0.313 e. The normalized spacial score (nSPS) is 12.7. The molecule has 0 amide bonds. The molecule has 1 N–H and O–H groups in total. The Balaban J connectivity index is 2.17. The summed E-state index contributed by atoms with van der Waals surface area (Å²) in [5.74, 6) is 0.558. The Morgan fingerprint density at radius 1 is 0.905 bits per heavy atom. The molecule has 0 aliphatic carbocycles. The summed E-state index contributed by atoms with van der Waals surface area (Å²) < 4.78 is 0. The summed E-state index contributed by atoms with van der Waals surface area (Å²) in [5, 5.41) is 4.58. The van der Waals surface area contributed by atoms with Crippen LogP contribution in [0.15, 0.2) is 42.5 Å². The summed E-state index contributed by atoms with van der Waals surface area (Å²) in [6.45, 7) is 4.42. The molecule has 0 heterocycles. The first kappa shape index (κ1) is 16.4. The van der Waals surface area contributed by atoms with E-state index in [-0.39, 0.29) is 6.04 Å². The lowest BCUT2D eigenvalue weighted by atomic mass is 9.95. The molecule has 0 aromatic heterocycles. The third-order valence-corrected chi connectivity index (χ3v) is 4.52. The molecule has 2 rings (SSSR count). The van der Waals surface area contributed by atoms with E-state index in [0.29, 0.717) is 16.0 Å². The molecule has 0 aliphatic rings. The third-order valence-electron chi connectivity index (χ3n) is 3.78. The number of likely N-dealkylation sites (N-methyl/N-ethyl adjacent to an activating group) is 1. The Morgan fingerprint density at radius 3 is 2.05 bits per heavy atom. The molecule has 0 bridgehead atoms. The summed E-state index contributed by atoms with van der Waals surface area (Å²) in [4.78, 5) is 0. The van der Waals surface area contributed by atoms with Gasteiger partial charge in [0.2, 0.25) is 0 Å². The van der Waals surface area contributed by atoms with E-state index in [9.17, 15) is 0 Å². The SMILES string of the molecule is CNC(Cc1ccc(Cl)c(Cl)c1)c1ccc(C(C)C)cc1. The molecule has 0 radical (unpaired) electrons. The Labute approximate surface area is 137 Å². The maximum absolute atomic E-state index is 6.09. The van der Waals surface area contributed by atoms with Crippen LogP contribution in [0.2, 0.25) is 10.0 Å². The molecular weight excluding hydrogens is 301 g/mol. The van der Waals surface area contributed by atoms with Crippen molar-refractivity contribution in [3.63, 3.8) is 0 Å². The van der Waals surface area contributed by atoms with Crippen LogP contribution in [0.5, 0.6) is 0 Å². The van der Waals surface area contributed by atoms with Crippen molar-refractivity contribution >= 4 is 23.2 Å². The molecule has 1 atom stereocenters. The molecule has 0 saturated carbocycles. The Bertz CT molecular complexity index is 591. The van der Waals surface area contributed by atoms with Gasteiger partial charge >= 0.3 is 0 Å². The fourth-order valence-electron chi connectivity index (χ4n) is 2.40. The van der Waals surface area contributed by atoms with Crippen LogP contribution in [0.1, 0.15) is 42.5 Å². The van der Waals surface area contributed by atoms with Gasteiger partial charge in [-0.2, -0.15) is 0 Å². The molecule has 1 unspecified atom stereocenters. The molecule has 3 heteroatoms. The van der Waals surface area contributed by atoms with Gasteiger partial charge in [0.05, 0.1) is 10.0 Å². The van der Waals surface area contributed by atoms with Gasteiger partial charge in [0, 0.05) is 6.04 Å². The second-order valence-corrected chi connectivity index (χ2v) is 6.43. The molecule has 0 saturated heterocycles. The number of hydrogen-bond donors (Lipinski definition) is 1. The van der Waals surface area contributed by atoms with E-state index in [1.54, 1.807) is 0 Å². The Morgan fingerprint density at radius 2 is 1.52 bits per heavy atom. The van der Waals surface area contributed by atoms with Gasteiger partial charge in [-0.25, -0.2) is 0 Å². The fourth-order valence-corrected chi connectivity index (χ4v) is 2.72. The van der Waals surface area contributed by atoms with Gasteiger partial charge in [0.15, 0.2) is 0 Å². The molecule has 112 valence electrons. The van der Waals surface area contributed by atoms with Crippen molar-refractivity contribution in [1.29, 1.82) is 0 Å². The van der Waals surface area contributed by atoms with Gasteiger partial charge in [-0.1, -0.05) is 67.4 Å². The number of nitrogens with one attached hydrogen (secondary N) is 1. The van der Waals surface area contributed by atoms with Gasteiger partial charge in [-0.05, 0) is 48.2 Å². The van der Waals surface area contributed by atoms with E-state index in [2.05, 4.69) is 43.4 Å².